The number of ether oxygens (including phenoxy) is 7. The Hall–Kier alpha value is -2.04. The maximum absolute atomic E-state index is 14.4. The Balaban J connectivity index is 1.70. The van der Waals surface area contributed by atoms with E-state index in [1.165, 1.54) is 193 Å². The van der Waals surface area contributed by atoms with Gasteiger partial charge < -0.3 is 89.1 Å². The quantitative estimate of drug-likeness (QED) is 0.0117. The molecule has 602 valence electrons. The van der Waals surface area contributed by atoms with Crippen molar-refractivity contribution in [2.24, 2.45) is 0 Å². The highest BCUT2D eigenvalue weighted by atomic mass is 31.2. The van der Waals surface area contributed by atoms with Crippen molar-refractivity contribution in [1.29, 1.82) is 0 Å². The van der Waals surface area contributed by atoms with E-state index < -0.39 is 156 Å². The molecule has 1 saturated carbocycles. The molecule has 25 heteroatoms. The highest BCUT2D eigenvalue weighted by Gasteiger charge is 2.58. The van der Waals surface area contributed by atoms with Gasteiger partial charge in [0.1, 0.15) is 98.7 Å². The van der Waals surface area contributed by atoms with Gasteiger partial charge in [0.25, 0.3) is 0 Å². The van der Waals surface area contributed by atoms with Crippen molar-refractivity contribution in [3.05, 3.63) is 0 Å². The van der Waals surface area contributed by atoms with Crippen LogP contribution in [-0.4, -0.2) is 204 Å². The normalized spacial score (nSPS) is 27.0. The SMILES string of the molecule is CCCCCCCCCCCCCCCCCCCC(=O)OCC(COP(=O)(O)OC1C(OC2OC(CO)C(O)C(O)C2O)C(O)C(O)C(O)C1OC1OC(COC(=O)CCCCCCCCCCCCCCCC)C(O)C(O)C1O)OC(=O)CCCCCCCCCCCCCCCCCC. The molecule has 102 heavy (non-hydrogen) atoms. The minimum absolute atomic E-state index is 0.0325. The van der Waals surface area contributed by atoms with Crippen LogP contribution in [0.3, 0.4) is 0 Å². The number of carbonyl (C=O) groups excluding carboxylic acids is 3. The molecule has 11 N–H and O–H groups in total. The van der Waals surface area contributed by atoms with Gasteiger partial charge >= 0.3 is 25.7 Å². The van der Waals surface area contributed by atoms with Crippen molar-refractivity contribution in [3.63, 3.8) is 0 Å². The van der Waals surface area contributed by atoms with Crippen LogP contribution in [-0.2, 0) is 61.2 Å². The third kappa shape index (κ3) is 41.0. The second-order valence-corrected chi connectivity index (χ2v) is 30.9. The summed E-state index contributed by atoms with van der Waals surface area (Å²) in [6.07, 6.45) is 18.5. The molecule has 0 amide bonds. The van der Waals surface area contributed by atoms with Crippen LogP contribution in [0, 0.1) is 0 Å². The molecule has 2 aliphatic heterocycles. The van der Waals surface area contributed by atoms with Gasteiger partial charge in [-0.1, -0.05) is 303 Å². The molecule has 0 aromatic carbocycles. The summed E-state index contributed by atoms with van der Waals surface area (Å²) in [6, 6.07) is 0. The van der Waals surface area contributed by atoms with Crippen molar-refractivity contribution in [2.75, 3.05) is 26.4 Å². The number of aliphatic hydroxyl groups excluding tert-OH is 10. The van der Waals surface area contributed by atoms with Gasteiger partial charge in [-0.3, -0.25) is 23.4 Å². The lowest BCUT2D eigenvalue weighted by atomic mass is 9.84. The third-order valence-corrected chi connectivity index (χ3v) is 21.4. The van der Waals surface area contributed by atoms with Gasteiger partial charge in [-0.05, 0) is 19.3 Å². The highest BCUT2D eigenvalue weighted by molar-refractivity contribution is 7.47. The van der Waals surface area contributed by atoms with Crippen molar-refractivity contribution < 1.29 is 117 Å². The van der Waals surface area contributed by atoms with Gasteiger partial charge in [0.05, 0.1) is 13.2 Å². The van der Waals surface area contributed by atoms with E-state index in [0.717, 1.165) is 89.9 Å². The van der Waals surface area contributed by atoms with Crippen LogP contribution >= 0.6 is 7.82 Å². The molecule has 3 fully saturated rings. The van der Waals surface area contributed by atoms with Gasteiger partial charge in [-0.25, -0.2) is 4.57 Å². The summed E-state index contributed by atoms with van der Waals surface area (Å²) >= 11 is 0. The predicted octanol–water partition coefficient (Wildman–Crippen LogP) is 12.5. The average molecular weight is 1490 g/mol. The number of rotatable bonds is 65. The average Bonchev–Trinajstić information content (AvgIpc) is 0.761. The fourth-order valence-corrected chi connectivity index (χ4v) is 14.7. The van der Waals surface area contributed by atoms with E-state index in [-0.39, 0.29) is 19.3 Å². The summed E-state index contributed by atoms with van der Waals surface area (Å²) in [5.41, 5.74) is 0. The monoisotopic (exact) mass is 1480 g/mol. The molecule has 18 atom stereocenters. The largest absolute Gasteiger partial charge is 0.472 e. The van der Waals surface area contributed by atoms with Crippen LogP contribution in [0.5, 0.6) is 0 Å². The van der Waals surface area contributed by atoms with E-state index in [0.29, 0.717) is 19.3 Å². The number of carbonyl (C=O) groups is 3. The number of unbranched alkanes of at least 4 members (excludes halogenated alkanes) is 44. The fourth-order valence-electron chi connectivity index (χ4n) is 13.8. The zero-order valence-electron chi connectivity index (χ0n) is 63.2. The Labute approximate surface area is 612 Å². The Morgan fingerprint density at radius 3 is 0.961 bits per heavy atom. The van der Waals surface area contributed by atoms with Crippen LogP contribution in [0.25, 0.3) is 0 Å². The smallest absolute Gasteiger partial charge is 0.463 e. The second kappa shape index (κ2) is 58.9. The standard InChI is InChI=1S/C77H145O24P/c1-4-7-10-13-16-19-22-25-28-30-32-34-37-39-42-45-48-51-61(79)93-55-58(96-63(81)53-50-47-44-41-38-35-31-29-26-23-20-17-14-11-8-5-2)56-95-102(91,92)101-75-73(99-76-71(89)66(84)64(82)59(54-78)97-76)69(87)68(86)70(88)74(75)100-77-72(90)67(85)65(83)60(98-77)57-94-62(80)52-49-46-43-40-36-33-27-24-21-18-15-12-9-6-3/h58-60,64-78,82-90H,4-57H2,1-3H3,(H,91,92). The first kappa shape index (κ1) is 94.2. The molecule has 1 aliphatic carbocycles. The molecular weight excluding hydrogens is 1340 g/mol. The minimum Gasteiger partial charge on any atom is -0.463 e. The zero-order chi connectivity index (χ0) is 74.6. The Morgan fingerprint density at radius 2 is 0.627 bits per heavy atom. The van der Waals surface area contributed by atoms with Crippen LogP contribution in [0.15, 0.2) is 0 Å². The van der Waals surface area contributed by atoms with E-state index in [1.807, 2.05) is 0 Å². The predicted molar refractivity (Wildman–Crippen MR) is 389 cm³/mol. The Bertz CT molecular complexity index is 2100. The summed E-state index contributed by atoms with van der Waals surface area (Å²) in [5.74, 6) is -1.97. The lowest BCUT2D eigenvalue weighted by Gasteiger charge is -2.49. The van der Waals surface area contributed by atoms with Gasteiger partial charge in [-0.15, -0.1) is 0 Å². The molecular formula is C77H145O24P. The minimum atomic E-state index is -5.70. The topological polar surface area (TPSA) is 374 Å². The summed E-state index contributed by atoms with van der Waals surface area (Å²) in [6.45, 7) is 3.51. The number of esters is 3. The number of phosphoric ester groups is 1. The zero-order valence-corrected chi connectivity index (χ0v) is 64.1. The fraction of sp³-hybridized carbons (Fsp3) is 0.961. The molecule has 0 bridgehead atoms. The van der Waals surface area contributed by atoms with Crippen LogP contribution in [0.1, 0.15) is 342 Å². The summed E-state index contributed by atoms with van der Waals surface area (Å²) in [7, 11) is -5.70. The summed E-state index contributed by atoms with van der Waals surface area (Å²) in [5, 5.41) is 110. The van der Waals surface area contributed by atoms with E-state index >= 15 is 0 Å². The maximum Gasteiger partial charge on any atom is 0.472 e. The first-order chi connectivity index (χ1) is 49.3. The van der Waals surface area contributed by atoms with Crippen molar-refractivity contribution in [2.45, 2.75) is 446 Å². The molecule has 18 unspecified atom stereocenters. The number of hydrogen-bond donors (Lipinski definition) is 11. The van der Waals surface area contributed by atoms with E-state index in [2.05, 4.69) is 20.8 Å². The second-order valence-electron chi connectivity index (χ2n) is 29.5. The first-order valence-corrected chi connectivity index (χ1v) is 42.3. The molecule has 2 saturated heterocycles. The maximum atomic E-state index is 14.4. The van der Waals surface area contributed by atoms with Crippen molar-refractivity contribution in [3.8, 4) is 0 Å². The molecule has 2 heterocycles. The van der Waals surface area contributed by atoms with Crippen LogP contribution < -0.4 is 0 Å². The molecule has 0 spiro atoms. The number of hydrogen-bond acceptors (Lipinski definition) is 23. The lowest BCUT2D eigenvalue weighted by Crippen LogP contribution is -2.69. The third-order valence-electron chi connectivity index (χ3n) is 20.4. The lowest BCUT2D eigenvalue weighted by molar-refractivity contribution is -0.360. The van der Waals surface area contributed by atoms with E-state index in [9.17, 15) is 74.9 Å². The molecule has 3 rings (SSSR count). The first-order valence-electron chi connectivity index (χ1n) is 40.8. The molecule has 3 aliphatic rings. The van der Waals surface area contributed by atoms with Gasteiger partial charge in [0.15, 0.2) is 18.7 Å². The summed E-state index contributed by atoms with van der Waals surface area (Å²) in [4.78, 5) is 51.2. The van der Waals surface area contributed by atoms with E-state index in [1.54, 1.807) is 0 Å². The highest BCUT2D eigenvalue weighted by Crippen LogP contribution is 2.49. The molecule has 0 aromatic heterocycles. The van der Waals surface area contributed by atoms with Gasteiger partial charge in [-0.2, -0.15) is 0 Å². The van der Waals surface area contributed by atoms with Gasteiger partial charge in [0, 0.05) is 19.3 Å². The van der Waals surface area contributed by atoms with Crippen LogP contribution in [0.4, 0.5) is 0 Å². The van der Waals surface area contributed by atoms with Crippen molar-refractivity contribution >= 4 is 25.7 Å². The molecule has 0 radical (unpaired) electrons. The molecule has 24 nitrogen and oxygen atoms in total. The van der Waals surface area contributed by atoms with Crippen LogP contribution in [0.2, 0.25) is 0 Å². The van der Waals surface area contributed by atoms with Gasteiger partial charge in [0.2, 0.25) is 0 Å². The summed E-state index contributed by atoms with van der Waals surface area (Å²) < 4.78 is 65.2. The Kier molecular flexibility index (Phi) is 54.4. The number of phosphoric acid groups is 1. The number of aliphatic hydroxyl groups is 10. The van der Waals surface area contributed by atoms with Crippen molar-refractivity contribution in [1.82, 2.24) is 0 Å². The van der Waals surface area contributed by atoms with E-state index in [4.69, 9.17) is 42.2 Å². The Morgan fingerprint density at radius 1 is 0.343 bits per heavy atom. The molecule has 0 aromatic rings.